The first kappa shape index (κ1) is 47.2. The van der Waals surface area contributed by atoms with Gasteiger partial charge in [0.15, 0.2) is 18.0 Å². The maximum absolute atomic E-state index is 12.8. The van der Waals surface area contributed by atoms with Gasteiger partial charge in [0.05, 0.1) is 27.7 Å². The van der Waals surface area contributed by atoms with E-state index in [0.717, 1.165) is 38.5 Å². The molecule has 0 spiro atoms. The zero-order chi connectivity index (χ0) is 35.9. The van der Waals surface area contributed by atoms with Gasteiger partial charge in [0.25, 0.3) is 7.82 Å². The molecule has 0 aliphatic heterocycles. The van der Waals surface area contributed by atoms with E-state index in [2.05, 4.69) is 13.8 Å². The monoisotopic (exact) mass is 706 g/mol. The van der Waals surface area contributed by atoms with Gasteiger partial charge in [-0.3, -0.25) is 14.2 Å². The molecule has 0 fully saturated rings. The predicted molar refractivity (Wildman–Crippen MR) is 195 cm³/mol. The number of ketones is 1. The Balaban J connectivity index is 4.58. The molecule has 3 atom stereocenters. The number of Topliss-reactive ketones (excluding diaryl/α,β-unsaturated/α-hetero) is 1. The molecule has 0 saturated heterocycles. The van der Waals surface area contributed by atoms with E-state index in [1.165, 1.54) is 103 Å². The maximum Gasteiger partial charge on any atom is 0.306 e. The van der Waals surface area contributed by atoms with Crippen LogP contribution in [0.15, 0.2) is 0 Å². The van der Waals surface area contributed by atoms with Gasteiger partial charge in [-0.15, -0.1) is 0 Å². The Morgan fingerprint density at radius 3 is 1.40 bits per heavy atom. The summed E-state index contributed by atoms with van der Waals surface area (Å²) < 4.78 is 28.3. The number of hydrogen-bond acceptors (Lipinski definition) is 8. The lowest BCUT2D eigenvalue weighted by atomic mass is 10.0. The number of phosphoric acid groups is 1. The van der Waals surface area contributed by atoms with Crippen LogP contribution in [0.1, 0.15) is 181 Å². The fourth-order valence-electron chi connectivity index (χ4n) is 5.65. The van der Waals surface area contributed by atoms with Crippen LogP contribution in [0.3, 0.4) is 0 Å². The third kappa shape index (κ3) is 31.2. The molecular weight excluding hydrogens is 629 g/mol. The highest BCUT2D eigenvalue weighted by molar-refractivity contribution is 7.45. The minimum absolute atomic E-state index is 0.0753. The molecule has 0 aromatic heterocycles. The van der Waals surface area contributed by atoms with Crippen LogP contribution in [-0.2, 0) is 27.9 Å². The molecule has 10 heteroatoms. The smallest absolute Gasteiger partial charge is 0.306 e. The van der Waals surface area contributed by atoms with Gasteiger partial charge in [0.2, 0.25) is 0 Å². The number of esters is 1. The molecule has 0 radical (unpaired) electrons. The van der Waals surface area contributed by atoms with Crippen LogP contribution in [0.5, 0.6) is 0 Å². The van der Waals surface area contributed by atoms with Crippen molar-refractivity contribution in [1.29, 1.82) is 0 Å². The third-order valence-electron chi connectivity index (χ3n) is 8.88. The van der Waals surface area contributed by atoms with Gasteiger partial charge in [-0.25, -0.2) is 0 Å². The van der Waals surface area contributed by atoms with Gasteiger partial charge in [0, 0.05) is 12.8 Å². The number of aliphatic hydroxyl groups is 1. The first-order valence-corrected chi connectivity index (χ1v) is 21.2. The van der Waals surface area contributed by atoms with Crippen LogP contribution in [0, 0.1) is 0 Å². The van der Waals surface area contributed by atoms with Crippen molar-refractivity contribution < 1.29 is 42.4 Å². The number of rotatable bonds is 36. The minimum Gasteiger partial charge on any atom is -0.756 e. The Labute approximate surface area is 295 Å². The van der Waals surface area contributed by atoms with Crippen molar-refractivity contribution in [3.63, 3.8) is 0 Å². The summed E-state index contributed by atoms with van der Waals surface area (Å²) in [6, 6.07) is 0. The molecule has 1 N–H and O–H groups in total. The number of carbonyl (C=O) groups is 2. The normalized spacial score (nSPS) is 14.5. The zero-order valence-corrected chi connectivity index (χ0v) is 32.8. The van der Waals surface area contributed by atoms with Gasteiger partial charge < -0.3 is 28.3 Å². The first-order chi connectivity index (χ1) is 22.9. The fourth-order valence-corrected chi connectivity index (χ4v) is 6.36. The molecule has 0 amide bonds. The van der Waals surface area contributed by atoms with E-state index in [4.69, 9.17) is 13.8 Å². The number of carbonyl (C=O) groups excluding carboxylic acids is 2. The quantitative estimate of drug-likeness (QED) is 0.0296. The Bertz CT molecular complexity index is 819. The molecule has 0 aliphatic carbocycles. The molecule has 0 bridgehead atoms. The standard InChI is InChI=1S/C38H76NO8P/c1-6-8-10-12-14-16-18-19-21-23-25-27-29-31-37(41)47-36(34-46-48(43,44)45-33-32-39(3,4)5)38(42)35(40)30-28-26-24-22-20-17-15-13-11-9-7-2/h36,38,42H,6-34H2,1-5H3/t36-,38?/m0/s1. The molecular formula is C38H76NO8P. The van der Waals surface area contributed by atoms with E-state index in [-0.39, 0.29) is 19.4 Å². The van der Waals surface area contributed by atoms with Crippen molar-refractivity contribution in [2.45, 2.75) is 193 Å². The molecule has 0 aromatic rings. The number of nitrogens with zero attached hydrogens (tertiary/aromatic N) is 1. The Hall–Kier alpha value is -0.830. The Kier molecular flexibility index (Phi) is 30.4. The average molecular weight is 706 g/mol. The van der Waals surface area contributed by atoms with Gasteiger partial charge >= 0.3 is 5.97 Å². The lowest BCUT2D eigenvalue weighted by Crippen LogP contribution is -2.41. The number of hydrogen-bond donors (Lipinski definition) is 1. The topological polar surface area (TPSA) is 122 Å². The average Bonchev–Trinajstić information content (AvgIpc) is 3.02. The number of likely N-dealkylation sites (N-methyl/N-ethyl adjacent to an activating group) is 1. The molecule has 9 nitrogen and oxygen atoms in total. The summed E-state index contributed by atoms with van der Waals surface area (Å²) in [4.78, 5) is 37.9. The summed E-state index contributed by atoms with van der Waals surface area (Å²) in [6.07, 6.45) is 25.2. The van der Waals surface area contributed by atoms with E-state index in [1.807, 2.05) is 21.1 Å². The fraction of sp³-hybridized carbons (Fsp3) is 0.947. The third-order valence-corrected chi connectivity index (χ3v) is 9.85. The highest BCUT2D eigenvalue weighted by atomic mass is 31.2. The molecule has 0 aromatic carbocycles. The zero-order valence-electron chi connectivity index (χ0n) is 31.9. The second-order valence-corrected chi connectivity index (χ2v) is 16.2. The lowest BCUT2D eigenvalue weighted by molar-refractivity contribution is -0.870. The van der Waals surface area contributed by atoms with Crippen molar-refractivity contribution >= 4 is 19.6 Å². The summed E-state index contributed by atoms with van der Waals surface area (Å²) in [5.74, 6) is -1.04. The van der Waals surface area contributed by atoms with Gasteiger partial charge in [0.1, 0.15) is 13.2 Å². The van der Waals surface area contributed by atoms with Gasteiger partial charge in [-0.2, -0.15) is 0 Å². The highest BCUT2D eigenvalue weighted by Gasteiger charge is 2.31. The summed E-state index contributed by atoms with van der Waals surface area (Å²) in [6.45, 7) is 4.16. The van der Waals surface area contributed by atoms with Crippen molar-refractivity contribution in [2.24, 2.45) is 0 Å². The van der Waals surface area contributed by atoms with E-state index >= 15 is 0 Å². The lowest BCUT2D eigenvalue weighted by Gasteiger charge is -2.29. The van der Waals surface area contributed by atoms with Crippen LogP contribution in [0.25, 0.3) is 0 Å². The summed E-state index contributed by atoms with van der Waals surface area (Å²) >= 11 is 0. The van der Waals surface area contributed by atoms with Crippen LogP contribution in [0.2, 0.25) is 0 Å². The van der Waals surface area contributed by atoms with Crippen molar-refractivity contribution in [1.82, 2.24) is 0 Å². The Morgan fingerprint density at radius 1 is 0.625 bits per heavy atom. The maximum atomic E-state index is 12.8. The van der Waals surface area contributed by atoms with Crippen LogP contribution < -0.4 is 4.89 Å². The summed E-state index contributed by atoms with van der Waals surface area (Å²) in [7, 11) is 1.00. The van der Waals surface area contributed by atoms with Crippen LogP contribution in [0.4, 0.5) is 0 Å². The largest absolute Gasteiger partial charge is 0.756 e. The van der Waals surface area contributed by atoms with E-state index in [9.17, 15) is 24.2 Å². The van der Waals surface area contributed by atoms with Crippen molar-refractivity contribution in [2.75, 3.05) is 40.9 Å². The second-order valence-electron chi connectivity index (χ2n) is 14.8. The molecule has 48 heavy (non-hydrogen) atoms. The SMILES string of the molecule is CCCCCCCCCCCCCCCC(=O)O[C@@H](COP(=O)([O-])OCC[N+](C)(C)C)C(O)C(=O)CCCCCCCCCCCCC. The molecule has 286 valence electrons. The van der Waals surface area contributed by atoms with Gasteiger partial charge in [-0.1, -0.05) is 155 Å². The van der Waals surface area contributed by atoms with Crippen LogP contribution in [-0.4, -0.2) is 74.5 Å². The van der Waals surface area contributed by atoms with Gasteiger partial charge in [-0.05, 0) is 12.8 Å². The highest BCUT2D eigenvalue weighted by Crippen LogP contribution is 2.38. The Morgan fingerprint density at radius 2 is 1.00 bits per heavy atom. The molecule has 0 heterocycles. The number of quaternary nitrogens is 1. The molecule has 2 unspecified atom stereocenters. The number of unbranched alkanes of at least 4 members (excludes halogenated alkanes) is 22. The molecule has 0 saturated carbocycles. The number of phosphoric ester groups is 1. The van der Waals surface area contributed by atoms with Crippen molar-refractivity contribution in [3.8, 4) is 0 Å². The van der Waals surface area contributed by atoms with Crippen LogP contribution >= 0.6 is 7.82 Å². The number of aliphatic hydroxyl groups excluding tert-OH is 1. The summed E-state index contributed by atoms with van der Waals surface area (Å²) in [5, 5.41) is 10.8. The van der Waals surface area contributed by atoms with Crippen molar-refractivity contribution in [3.05, 3.63) is 0 Å². The predicted octanol–water partition coefficient (Wildman–Crippen LogP) is 9.22. The first-order valence-electron chi connectivity index (χ1n) is 19.7. The van der Waals surface area contributed by atoms with E-state index < -0.39 is 38.4 Å². The molecule has 0 aliphatic rings. The molecule has 0 rings (SSSR count). The second kappa shape index (κ2) is 30.9. The van der Waals surface area contributed by atoms with E-state index in [1.54, 1.807) is 0 Å². The summed E-state index contributed by atoms with van der Waals surface area (Å²) in [5.41, 5.74) is 0. The number of ether oxygens (including phenoxy) is 1. The minimum atomic E-state index is -4.72. The van der Waals surface area contributed by atoms with E-state index in [0.29, 0.717) is 23.9 Å².